The Hall–Kier alpha value is -1.78. The first-order valence-electron chi connectivity index (χ1n) is 4.48. The van der Waals surface area contributed by atoms with Gasteiger partial charge in [-0.2, -0.15) is 0 Å². The Kier molecular flexibility index (Phi) is 1.99. The van der Waals surface area contributed by atoms with Crippen molar-refractivity contribution < 1.29 is 4.92 Å². The van der Waals surface area contributed by atoms with Gasteiger partial charge in [-0.15, -0.1) is 0 Å². The summed E-state index contributed by atoms with van der Waals surface area (Å²) in [6.07, 6.45) is 2.15. The van der Waals surface area contributed by atoms with Gasteiger partial charge in [0.15, 0.2) is 0 Å². The minimum Gasteiger partial charge on any atom is -0.393 e. The van der Waals surface area contributed by atoms with Crippen molar-refractivity contribution in [2.45, 2.75) is 18.9 Å². The molecular weight excluding hydrogens is 182 g/mol. The Balaban J connectivity index is 2.35. The number of nitro groups is 1. The van der Waals surface area contributed by atoms with Crippen LogP contribution in [0, 0.1) is 10.1 Å². The molecule has 0 amide bonds. The van der Waals surface area contributed by atoms with Gasteiger partial charge in [-0.25, -0.2) is 0 Å². The van der Waals surface area contributed by atoms with E-state index in [0.29, 0.717) is 11.7 Å². The fraction of sp³-hybridized carbons (Fsp3) is 0.333. The Morgan fingerprint density at radius 1 is 1.50 bits per heavy atom. The number of benzene rings is 1. The lowest BCUT2D eigenvalue weighted by Gasteiger charge is -2.06. The summed E-state index contributed by atoms with van der Waals surface area (Å²) < 4.78 is 0. The molecule has 5 heteroatoms. The van der Waals surface area contributed by atoms with Gasteiger partial charge in [0.25, 0.3) is 0 Å². The maximum Gasteiger partial charge on any atom is 0.314 e. The Morgan fingerprint density at radius 3 is 2.79 bits per heavy atom. The number of para-hydroxylation sites is 1. The number of nitrogens with one attached hydrogen (secondary N) is 1. The molecule has 0 radical (unpaired) electrons. The normalized spacial score (nSPS) is 15.1. The minimum absolute atomic E-state index is 0.0144. The molecule has 0 saturated heterocycles. The Bertz CT molecular complexity index is 374. The lowest BCUT2D eigenvalue weighted by atomic mass is 10.2. The highest BCUT2D eigenvalue weighted by molar-refractivity contribution is 5.74. The molecule has 0 bridgehead atoms. The molecule has 0 spiro atoms. The summed E-state index contributed by atoms with van der Waals surface area (Å²) in [5, 5.41) is 13.8. The molecule has 0 heterocycles. The fourth-order valence-electron chi connectivity index (χ4n) is 1.33. The first-order chi connectivity index (χ1) is 6.68. The predicted octanol–water partition coefficient (Wildman–Crippen LogP) is 1.75. The standard InChI is InChI=1S/C9H11N3O2/c10-7-2-1-3-8(9(7)12(13)14)11-6-4-5-6/h1-3,6,11H,4-5,10H2. The van der Waals surface area contributed by atoms with Crippen molar-refractivity contribution in [3.8, 4) is 0 Å². The van der Waals surface area contributed by atoms with Crippen molar-refractivity contribution in [3.05, 3.63) is 28.3 Å². The monoisotopic (exact) mass is 193 g/mol. The van der Waals surface area contributed by atoms with Crippen molar-refractivity contribution >= 4 is 17.1 Å². The van der Waals surface area contributed by atoms with E-state index in [9.17, 15) is 10.1 Å². The molecule has 1 aromatic rings. The van der Waals surface area contributed by atoms with Gasteiger partial charge in [0.1, 0.15) is 11.4 Å². The average molecular weight is 193 g/mol. The summed E-state index contributed by atoms with van der Waals surface area (Å²) in [6.45, 7) is 0. The number of anilines is 2. The third kappa shape index (κ3) is 1.61. The van der Waals surface area contributed by atoms with Crippen LogP contribution < -0.4 is 11.1 Å². The zero-order valence-corrected chi connectivity index (χ0v) is 7.56. The number of hydrogen-bond acceptors (Lipinski definition) is 4. The van der Waals surface area contributed by atoms with E-state index in [1.807, 2.05) is 0 Å². The molecule has 0 aliphatic heterocycles. The van der Waals surface area contributed by atoms with E-state index < -0.39 is 4.92 Å². The van der Waals surface area contributed by atoms with Gasteiger partial charge in [0, 0.05) is 6.04 Å². The highest BCUT2D eigenvalue weighted by Crippen LogP contribution is 2.34. The van der Waals surface area contributed by atoms with Crippen molar-refractivity contribution in [1.82, 2.24) is 0 Å². The van der Waals surface area contributed by atoms with Crippen LogP contribution in [0.15, 0.2) is 18.2 Å². The summed E-state index contributed by atoms with van der Waals surface area (Å²) in [5.41, 5.74) is 6.26. The first kappa shape index (κ1) is 8.80. The molecule has 0 aromatic heterocycles. The summed E-state index contributed by atoms with van der Waals surface area (Å²) >= 11 is 0. The number of hydrogen-bond donors (Lipinski definition) is 2. The molecule has 74 valence electrons. The third-order valence-electron chi connectivity index (χ3n) is 2.19. The summed E-state index contributed by atoms with van der Waals surface area (Å²) in [4.78, 5) is 10.3. The van der Waals surface area contributed by atoms with E-state index in [-0.39, 0.29) is 11.4 Å². The summed E-state index contributed by atoms with van der Waals surface area (Å²) in [6, 6.07) is 5.33. The Labute approximate surface area is 81.1 Å². The highest BCUT2D eigenvalue weighted by Gasteiger charge is 2.25. The lowest BCUT2D eigenvalue weighted by Crippen LogP contribution is -2.05. The van der Waals surface area contributed by atoms with Gasteiger partial charge in [-0.05, 0) is 25.0 Å². The van der Waals surface area contributed by atoms with Crippen LogP contribution in [0.2, 0.25) is 0 Å². The number of nitro benzene ring substituents is 1. The maximum atomic E-state index is 10.7. The quantitative estimate of drug-likeness (QED) is 0.435. The molecule has 1 saturated carbocycles. The molecule has 5 nitrogen and oxygen atoms in total. The van der Waals surface area contributed by atoms with Crippen LogP contribution in [0.25, 0.3) is 0 Å². The topological polar surface area (TPSA) is 81.2 Å². The lowest BCUT2D eigenvalue weighted by molar-refractivity contribution is -0.383. The molecule has 1 fully saturated rings. The van der Waals surface area contributed by atoms with E-state index in [2.05, 4.69) is 5.32 Å². The van der Waals surface area contributed by atoms with Gasteiger partial charge in [0.05, 0.1) is 4.92 Å². The van der Waals surface area contributed by atoms with Crippen molar-refractivity contribution in [2.24, 2.45) is 0 Å². The van der Waals surface area contributed by atoms with Crippen LogP contribution in [-0.4, -0.2) is 11.0 Å². The van der Waals surface area contributed by atoms with E-state index in [1.165, 1.54) is 6.07 Å². The average Bonchev–Trinajstić information content (AvgIpc) is 2.87. The molecule has 0 atom stereocenters. The second kappa shape index (κ2) is 3.17. The predicted molar refractivity (Wildman–Crippen MR) is 54.2 cm³/mol. The molecular formula is C9H11N3O2. The second-order valence-corrected chi connectivity index (χ2v) is 3.42. The number of nitrogens with two attached hydrogens (primary N) is 1. The molecule has 1 aromatic carbocycles. The van der Waals surface area contributed by atoms with Crippen LogP contribution in [0.3, 0.4) is 0 Å². The van der Waals surface area contributed by atoms with Crippen LogP contribution in [-0.2, 0) is 0 Å². The van der Waals surface area contributed by atoms with Gasteiger partial charge in [-0.1, -0.05) is 6.07 Å². The fourth-order valence-corrected chi connectivity index (χ4v) is 1.33. The van der Waals surface area contributed by atoms with Crippen LogP contribution >= 0.6 is 0 Å². The van der Waals surface area contributed by atoms with Gasteiger partial charge >= 0.3 is 5.69 Å². The number of nitrogen functional groups attached to an aromatic ring is 1. The van der Waals surface area contributed by atoms with E-state index in [4.69, 9.17) is 5.73 Å². The number of rotatable bonds is 3. The highest BCUT2D eigenvalue weighted by atomic mass is 16.6. The van der Waals surface area contributed by atoms with Gasteiger partial charge in [0.2, 0.25) is 0 Å². The first-order valence-corrected chi connectivity index (χ1v) is 4.48. The van der Waals surface area contributed by atoms with Crippen LogP contribution in [0.5, 0.6) is 0 Å². The molecule has 2 rings (SSSR count). The molecule has 1 aliphatic carbocycles. The van der Waals surface area contributed by atoms with E-state index >= 15 is 0 Å². The minimum atomic E-state index is -0.444. The Morgan fingerprint density at radius 2 is 2.21 bits per heavy atom. The molecule has 1 aliphatic rings. The third-order valence-corrected chi connectivity index (χ3v) is 2.19. The SMILES string of the molecule is Nc1cccc(NC2CC2)c1[N+](=O)[O-]. The van der Waals surface area contributed by atoms with Gasteiger partial charge < -0.3 is 11.1 Å². The largest absolute Gasteiger partial charge is 0.393 e. The maximum absolute atomic E-state index is 10.7. The van der Waals surface area contributed by atoms with Crippen molar-refractivity contribution in [3.63, 3.8) is 0 Å². The van der Waals surface area contributed by atoms with Gasteiger partial charge in [-0.3, -0.25) is 10.1 Å². The van der Waals surface area contributed by atoms with Crippen LogP contribution in [0.4, 0.5) is 17.1 Å². The number of nitrogens with zero attached hydrogens (tertiary/aromatic N) is 1. The summed E-state index contributed by atoms with van der Waals surface area (Å²) in [7, 11) is 0. The second-order valence-electron chi connectivity index (χ2n) is 3.42. The molecule has 14 heavy (non-hydrogen) atoms. The molecule has 3 N–H and O–H groups in total. The zero-order chi connectivity index (χ0) is 10.1. The summed E-state index contributed by atoms with van der Waals surface area (Å²) in [5.74, 6) is 0. The van der Waals surface area contributed by atoms with E-state index in [0.717, 1.165) is 12.8 Å². The van der Waals surface area contributed by atoms with E-state index in [1.54, 1.807) is 12.1 Å². The zero-order valence-electron chi connectivity index (χ0n) is 7.56. The van der Waals surface area contributed by atoms with Crippen LogP contribution in [0.1, 0.15) is 12.8 Å². The van der Waals surface area contributed by atoms with Crippen molar-refractivity contribution in [2.75, 3.05) is 11.1 Å². The molecule has 0 unspecified atom stereocenters. The smallest absolute Gasteiger partial charge is 0.314 e. The van der Waals surface area contributed by atoms with Crippen molar-refractivity contribution in [1.29, 1.82) is 0 Å².